The minimum atomic E-state index is -0.987. The highest BCUT2D eigenvalue weighted by molar-refractivity contribution is 5.93. The lowest BCUT2D eigenvalue weighted by atomic mass is 9.90. The highest BCUT2D eigenvalue weighted by atomic mass is 16.4. The second-order valence-corrected chi connectivity index (χ2v) is 7.84. The van der Waals surface area contributed by atoms with Gasteiger partial charge in [0.15, 0.2) is 0 Å². The molecule has 0 radical (unpaired) electrons. The van der Waals surface area contributed by atoms with Crippen LogP contribution in [0.3, 0.4) is 0 Å². The standard InChI is InChI=1S/C22H25N5O2/c1-27(2)18-6-4-17(5-7-18)26-21-19-10-14(3-8-20(19)24-13-25-21)15-9-16(22(28)29)12-23-11-15/h3,8-13,17-18H,4-7H2,1-2H3,(H,28,29)(H,24,25,26). The Morgan fingerprint density at radius 2 is 1.86 bits per heavy atom. The van der Waals surface area contributed by atoms with Crippen LogP contribution in [0.1, 0.15) is 36.0 Å². The van der Waals surface area contributed by atoms with Gasteiger partial charge in [-0.25, -0.2) is 14.8 Å². The summed E-state index contributed by atoms with van der Waals surface area (Å²) in [5, 5.41) is 13.8. The van der Waals surface area contributed by atoms with Crippen LogP contribution in [0.5, 0.6) is 0 Å². The van der Waals surface area contributed by atoms with Gasteiger partial charge in [0.1, 0.15) is 12.1 Å². The summed E-state index contributed by atoms with van der Waals surface area (Å²) in [6.07, 6.45) is 9.18. The molecule has 4 rings (SSSR count). The molecule has 1 fully saturated rings. The fourth-order valence-corrected chi connectivity index (χ4v) is 4.00. The molecule has 3 aromatic rings. The van der Waals surface area contributed by atoms with E-state index in [0.29, 0.717) is 12.1 Å². The SMILES string of the molecule is CN(C)C1CCC(Nc2ncnc3ccc(-c4cncc(C(=O)O)c4)cc23)CC1. The number of carbonyl (C=O) groups is 1. The third-order valence-corrected chi connectivity index (χ3v) is 5.72. The monoisotopic (exact) mass is 391 g/mol. The quantitative estimate of drug-likeness (QED) is 0.685. The summed E-state index contributed by atoms with van der Waals surface area (Å²) in [5.41, 5.74) is 2.67. The maximum Gasteiger partial charge on any atom is 0.337 e. The highest BCUT2D eigenvalue weighted by Crippen LogP contribution is 2.29. The van der Waals surface area contributed by atoms with Crippen LogP contribution in [0.15, 0.2) is 43.0 Å². The molecule has 0 atom stereocenters. The van der Waals surface area contributed by atoms with Crippen molar-refractivity contribution >= 4 is 22.7 Å². The van der Waals surface area contributed by atoms with Gasteiger partial charge in [0.05, 0.1) is 11.1 Å². The van der Waals surface area contributed by atoms with Crippen molar-refractivity contribution in [1.82, 2.24) is 19.9 Å². The Morgan fingerprint density at radius 3 is 2.59 bits per heavy atom. The van der Waals surface area contributed by atoms with E-state index in [0.717, 1.165) is 40.7 Å². The average Bonchev–Trinajstić information content (AvgIpc) is 2.74. The van der Waals surface area contributed by atoms with Gasteiger partial charge in [0, 0.05) is 35.4 Å². The molecular formula is C22H25N5O2. The Kier molecular flexibility index (Phi) is 5.40. The number of carboxylic acids is 1. The van der Waals surface area contributed by atoms with E-state index in [1.807, 2.05) is 18.2 Å². The summed E-state index contributed by atoms with van der Waals surface area (Å²) in [4.78, 5) is 26.5. The van der Waals surface area contributed by atoms with E-state index in [9.17, 15) is 9.90 Å². The fraction of sp³-hybridized carbons (Fsp3) is 0.364. The normalized spacial score (nSPS) is 19.4. The number of nitrogens with one attached hydrogen (secondary N) is 1. The van der Waals surface area contributed by atoms with Gasteiger partial charge >= 0.3 is 5.97 Å². The predicted molar refractivity (Wildman–Crippen MR) is 113 cm³/mol. The Labute approximate surface area is 169 Å². The number of anilines is 1. The van der Waals surface area contributed by atoms with E-state index < -0.39 is 5.97 Å². The van der Waals surface area contributed by atoms with Crippen molar-refractivity contribution < 1.29 is 9.90 Å². The van der Waals surface area contributed by atoms with Gasteiger partial charge in [0.2, 0.25) is 0 Å². The van der Waals surface area contributed by atoms with Crippen molar-refractivity contribution in [2.75, 3.05) is 19.4 Å². The third-order valence-electron chi connectivity index (χ3n) is 5.72. The summed E-state index contributed by atoms with van der Waals surface area (Å²) >= 11 is 0. The van der Waals surface area contributed by atoms with Crippen LogP contribution < -0.4 is 5.32 Å². The molecule has 0 amide bonds. The molecule has 150 valence electrons. The molecule has 0 bridgehead atoms. The van der Waals surface area contributed by atoms with Crippen LogP contribution in [0.2, 0.25) is 0 Å². The number of nitrogens with zero attached hydrogens (tertiary/aromatic N) is 4. The number of rotatable bonds is 5. The van der Waals surface area contributed by atoms with Gasteiger partial charge in [-0.1, -0.05) is 6.07 Å². The minimum Gasteiger partial charge on any atom is -0.478 e. The van der Waals surface area contributed by atoms with Crippen molar-refractivity contribution in [3.05, 3.63) is 48.5 Å². The molecule has 7 nitrogen and oxygen atoms in total. The van der Waals surface area contributed by atoms with Gasteiger partial charge in [-0.15, -0.1) is 0 Å². The zero-order valence-electron chi connectivity index (χ0n) is 16.7. The zero-order chi connectivity index (χ0) is 20.4. The Morgan fingerprint density at radius 1 is 1.07 bits per heavy atom. The van der Waals surface area contributed by atoms with Crippen molar-refractivity contribution in [1.29, 1.82) is 0 Å². The molecule has 7 heteroatoms. The first-order valence-corrected chi connectivity index (χ1v) is 9.87. The van der Waals surface area contributed by atoms with Gasteiger partial charge in [0.25, 0.3) is 0 Å². The molecular weight excluding hydrogens is 366 g/mol. The molecule has 2 heterocycles. The molecule has 2 aromatic heterocycles. The second-order valence-electron chi connectivity index (χ2n) is 7.84. The molecule has 1 aliphatic rings. The van der Waals surface area contributed by atoms with Gasteiger partial charge in [-0.05, 0) is 63.5 Å². The summed E-state index contributed by atoms with van der Waals surface area (Å²) < 4.78 is 0. The molecule has 2 N–H and O–H groups in total. The van der Waals surface area contributed by atoms with Crippen molar-refractivity contribution in [2.45, 2.75) is 37.8 Å². The maximum absolute atomic E-state index is 11.3. The lowest BCUT2D eigenvalue weighted by Gasteiger charge is -2.33. The molecule has 1 aromatic carbocycles. The second kappa shape index (κ2) is 8.13. The van der Waals surface area contributed by atoms with Gasteiger partial charge in [-0.2, -0.15) is 0 Å². The van der Waals surface area contributed by atoms with Crippen LogP contribution in [0.25, 0.3) is 22.0 Å². The molecule has 0 spiro atoms. The van der Waals surface area contributed by atoms with Gasteiger partial charge < -0.3 is 15.3 Å². The molecule has 0 saturated heterocycles. The molecule has 0 aliphatic heterocycles. The number of aromatic carboxylic acids is 1. The summed E-state index contributed by atoms with van der Waals surface area (Å²) in [5.74, 6) is -0.161. The molecule has 1 saturated carbocycles. The van der Waals surface area contributed by atoms with Crippen molar-refractivity contribution in [2.24, 2.45) is 0 Å². The predicted octanol–water partition coefficient (Wildman–Crippen LogP) is 3.67. The summed E-state index contributed by atoms with van der Waals surface area (Å²) in [6, 6.07) is 8.56. The smallest absolute Gasteiger partial charge is 0.337 e. The van der Waals surface area contributed by atoms with E-state index in [2.05, 4.69) is 39.3 Å². The average molecular weight is 391 g/mol. The van der Waals surface area contributed by atoms with E-state index >= 15 is 0 Å². The Balaban J connectivity index is 1.62. The first-order chi connectivity index (χ1) is 14.0. The van der Waals surface area contributed by atoms with E-state index in [-0.39, 0.29) is 5.56 Å². The van der Waals surface area contributed by atoms with Crippen LogP contribution in [-0.4, -0.2) is 57.1 Å². The van der Waals surface area contributed by atoms with E-state index in [4.69, 9.17) is 0 Å². The van der Waals surface area contributed by atoms with E-state index in [1.165, 1.54) is 19.0 Å². The van der Waals surface area contributed by atoms with Crippen LogP contribution in [0.4, 0.5) is 5.82 Å². The first-order valence-electron chi connectivity index (χ1n) is 9.87. The molecule has 0 unspecified atom stereocenters. The fourth-order valence-electron chi connectivity index (χ4n) is 4.00. The van der Waals surface area contributed by atoms with E-state index in [1.54, 1.807) is 18.6 Å². The number of aromatic nitrogens is 3. The first kappa shape index (κ1) is 19.3. The van der Waals surface area contributed by atoms with Crippen LogP contribution in [0, 0.1) is 0 Å². The Bertz CT molecular complexity index is 1030. The van der Waals surface area contributed by atoms with Crippen molar-refractivity contribution in [3.8, 4) is 11.1 Å². The molecule has 1 aliphatic carbocycles. The van der Waals surface area contributed by atoms with Crippen LogP contribution >= 0.6 is 0 Å². The number of benzene rings is 1. The van der Waals surface area contributed by atoms with Crippen LogP contribution in [-0.2, 0) is 0 Å². The van der Waals surface area contributed by atoms with Crippen molar-refractivity contribution in [3.63, 3.8) is 0 Å². The number of hydrogen-bond donors (Lipinski definition) is 2. The summed E-state index contributed by atoms with van der Waals surface area (Å²) in [7, 11) is 4.29. The lowest BCUT2D eigenvalue weighted by Crippen LogP contribution is -2.36. The minimum absolute atomic E-state index is 0.169. The summed E-state index contributed by atoms with van der Waals surface area (Å²) in [6.45, 7) is 0. The highest BCUT2D eigenvalue weighted by Gasteiger charge is 2.23. The number of carboxylic acid groups (broad SMARTS) is 1. The zero-order valence-corrected chi connectivity index (χ0v) is 16.7. The maximum atomic E-state index is 11.3. The third kappa shape index (κ3) is 4.19. The number of pyridine rings is 1. The number of fused-ring (bicyclic) bond motifs is 1. The molecule has 29 heavy (non-hydrogen) atoms. The topological polar surface area (TPSA) is 91.2 Å². The largest absolute Gasteiger partial charge is 0.478 e. The lowest BCUT2D eigenvalue weighted by molar-refractivity contribution is 0.0696. The Hall–Kier alpha value is -3.06. The number of hydrogen-bond acceptors (Lipinski definition) is 6. The van der Waals surface area contributed by atoms with Gasteiger partial charge in [-0.3, -0.25) is 4.98 Å².